The number of benzene rings is 1. The summed E-state index contributed by atoms with van der Waals surface area (Å²) in [4.78, 5) is 11.1. The molecular weight excluding hydrogens is 266 g/mol. The molecule has 19 heavy (non-hydrogen) atoms. The lowest BCUT2D eigenvalue weighted by Gasteiger charge is -2.12. The van der Waals surface area contributed by atoms with Crippen molar-refractivity contribution in [1.29, 1.82) is 0 Å². The summed E-state index contributed by atoms with van der Waals surface area (Å²) in [5.41, 5.74) is 0.578. The molecule has 1 aliphatic heterocycles. The average Bonchev–Trinajstić information content (AvgIpc) is 2.81. The van der Waals surface area contributed by atoms with E-state index in [0.29, 0.717) is 12.2 Å². The smallest absolute Gasteiger partial charge is 0.240 e. The van der Waals surface area contributed by atoms with Crippen molar-refractivity contribution >= 4 is 21.6 Å². The van der Waals surface area contributed by atoms with Gasteiger partial charge in [0.25, 0.3) is 0 Å². The number of carbonyl (C=O) groups excluding carboxylic acids is 1. The van der Waals surface area contributed by atoms with E-state index in [0.717, 1.165) is 13.0 Å². The molecule has 1 aromatic carbocycles. The molecule has 1 saturated heterocycles. The van der Waals surface area contributed by atoms with Crippen LogP contribution in [0.5, 0.6) is 0 Å². The van der Waals surface area contributed by atoms with Gasteiger partial charge in [-0.1, -0.05) is 0 Å². The second kappa shape index (κ2) is 5.68. The van der Waals surface area contributed by atoms with Crippen molar-refractivity contribution in [3.8, 4) is 0 Å². The number of nitrogens with one attached hydrogen (secondary N) is 3. The monoisotopic (exact) mass is 283 g/mol. The van der Waals surface area contributed by atoms with Gasteiger partial charge in [-0.25, -0.2) is 13.1 Å². The van der Waals surface area contributed by atoms with Gasteiger partial charge in [0.2, 0.25) is 15.9 Å². The fourth-order valence-electron chi connectivity index (χ4n) is 1.96. The molecule has 7 heteroatoms. The molecule has 2 rings (SSSR count). The highest BCUT2D eigenvalue weighted by atomic mass is 32.2. The first kappa shape index (κ1) is 14.0. The first-order valence-electron chi connectivity index (χ1n) is 6.08. The summed E-state index contributed by atoms with van der Waals surface area (Å²) in [6, 6.07) is 6.05. The standard InChI is InChI=1S/C12H17N3O3S/c1-9(16)14-10-2-4-12(5-3-10)19(17,18)15-11-6-7-13-8-11/h2-5,11,13,15H,6-8H2,1H3,(H,14,16)/t11-/m1/s1. The van der Waals surface area contributed by atoms with Crippen LogP contribution in [0.4, 0.5) is 5.69 Å². The molecule has 1 aromatic rings. The molecule has 0 saturated carbocycles. The van der Waals surface area contributed by atoms with Crippen molar-refractivity contribution in [2.24, 2.45) is 0 Å². The number of hydrogen-bond donors (Lipinski definition) is 3. The third-order valence-electron chi connectivity index (χ3n) is 2.87. The molecule has 0 aliphatic carbocycles. The molecule has 3 N–H and O–H groups in total. The van der Waals surface area contributed by atoms with Gasteiger partial charge in [-0.2, -0.15) is 0 Å². The SMILES string of the molecule is CC(=O)Nc1ccc(S(=O)(=O)N[C@@H]2CCNC2)cc1. The largest absolute Gasteiger partial charge is 0.326 e. The molecule has 1 fully saturated rings. The lowest BCUT2D eigenvalue weighted by Crippen LogP contribution is -2.36. The van der Waals surface area contributed by atoms with Crippen molar-refractivity contribution in [2.45, 2.75) is 24.3 Å². The van der Waals surface area contributed by atoms with Gasteiger partial charge in [0.1, 0.15) is 0 Å². The Balaban J connectivity index is 2.09. The van der Waals surface area contributed by atoms with E-state index >= 15 is 0 Å². The molecule has 1 aliphatic rings. The minimum atomic E-state index is -3.49. The maximum Gasteiger partial charge on any atom is 0.240 e. The molecule has 1 heterocycles. The molecule has 1 amide bonds. The quantitative estimate of drug-likeness (QED) is 0.741. The number of hydrogen-bond acceptors (Lipinski definition) is 4. The number of rotatable bonds is 4. The molecular formula is C12H17N3O3S. The van der Waals surface area contributed by atoms with Crippen LogP contribution in [0.25, 0.3) is 0 Å². The van der Waals surface area contributed by atoms with Gasteiger partial charge in [0, 0.05) is 25.2 Å². The van der Waals surface area contributed by atoms with Crippen LogP contribution >= 0.6 is 0 Å². The minimum Gasteiger partial charge on any atom is -0.326 e. The van der Waals surface area contributed by atoms with E-state index in [4.69, 9.17) is 0 Å². The molecule has 1 atom stereocenters. The Kier molecular flexibility index (Phi) is 4.18. The van der Waals surface area contributed by atoms with Crippen LogP contribution < -0.4 is 15.4 Å². The Morgan fingerprint density at radius 2 is 2.00 bits per heavy atom. The van der Waals surface area contributed by atoms with Crippen molar-refractivity contribution in [3.05, 3.63) is 24.3 Å². The summed E-state index contributed by atoms with van der Waals surface area (Å²) >= 11 is 0. The third kappa shape index (κ3) is 3.76. The summed E-state index contributed by atoms with van der Waals surface area (Å²) in [7, 11) is -3.49. The lowest BCUT2D eigenvalue weighted by atomic mass is 10.3. The van der Waals surface area contributed by atoms with E-state index in [9.17, 15) is 13.2 Å². The van der Waals surface area contributed by atoms with Crippen molar-refractivity contribution in [1.82, 2.24) is 10.0 Å². The minimum absolute atomic E-state index is 0.0555. The second-order valence-corrected chi connectivity index (χ2v) is 6.23. The Morgan fingerprint density at radius 1 is 1.32 bits per heavy atom. The maximum atomic E-state index is 12.1. The van der Waals surface area contributed by atoms with Crippen molar-refractivity contribution in [3.63, 3.8) is 0 Å². The first-order valence-corrected chi connectivity index (χ1v) is 7.56. The lowest BCUT2D eigenvalue weighted by molar-refractivity contribution is -0.114. The predicted octanol–water partition coefficient (Wildman–Crippen LogP) is 0.285. The highest BCUT2D eigenvalue weighted by Gasteiger charge is 2.22. The highest BCUT2D eigenvalue weighted by Crippen LogP contribution is 2.15. The normalized spacial score (nSPS) is 19.3. The van der Waals surface area contributed by atoms with Crippen LogP contribution in [0, 0.1) is 0 Å². The van der Waals surface area contributed by atoms with Gasteiger partial charge >= 0.3 is 0 Å². The molecule has 104 valence electrons. The van der Waals surface area contributed by atoms with E-state index in [1.165, 1.54) is 19.1 Å². The highest BCUT2D eigenvalue weighted by molar-refractivity contribution is 7.89. The van der Waals surface area contributed by atoms with Gasteiger partial charge in [-0.05, 0) is 37.2 Å². The Hall–Kier alpha value is -1.44. The summed E-state index contributed by atoms with van der Waals surface area (Å²) in [6.07, 6.45) is 0.795. The molecule has 0 spiro atoms. The summed E-state index contributed by atoms with van der Waals surface area (Å²) in [5, 5.41) is 5.70. The maximum absolute atomic E-state index is 12.1. The fourth-order valence-corrected chi connectivity index (χ4v) is 3.23. The predicted molar refractivity (Wildman–Crippen MR) is 72.3 cm³/mol. The Labute approximate surface area is 112 Å². The number of sulfonamides is 1. The number of amides is 1. The second-order valence-electron chi connectivity index (χ2n) is 4.52. The summed E-state index contributed by atoms with van der Waals surface area (Å²) in [5.74, 6) is -0.189. The molecule has 0 unspecified atom stereocenters. The van der Waals surface area contributed by atoms with E-state index in [1.807, 2.05) is 0 Å². The van der Waals surface area contributed by atoms with Crippen LogP contribution in [0.2, 0.25) is 0 Å². The van der Waals surface area contributed by atoms with E-state index in [1.54, 1.807) is 12.1 Å². The first-order chi connectivity index (χ1) is 8.97. The van der Waals surface area contributed by atoms with Gasteiger partial charge in [-0.15, -0.1) is 0 Å². The van der Waals surface area contributed by atoms with Crippen molar-refractivity contribution in [2.75, 3.05) is 18.4 Å². The molecule has 0 bridgehead atoms. The number of carbonyl (C=O) groups is 1. The summed E-state index contributed by atoms with van der Waals surface area (Å²) < 4.78 is 26.8. The Morgan fingerprint density at radius 3 is 2.53 bits per heavy atom. The molecule has 0 radical (unpaired) electrons. The average molecular weight is 283 g/mol. The topological polar surface area (TPSA) is 87.3 Å². The zero-order valence-corrected chi connectivity index (χ0v) is 11.5. The van der Waals surface area contributed by atoms with E-state index in [-0.39, 0.29) is 16.8 Å². The van der Waals surface area contributed by atoms with Crippen LogP contribution in [-0.4, -0.2) is 33.5 Å². The van der Waals surface area contributed by atoms with Crippen LogP contribution in [0.1, 0.15) is 13.3 Å². The zero-order chi connectivity index (χ0) is 13.9. The zero-order valence-electron chi connectivity index (χ0n) is 10.6. The fraction of sp³-hybridized carbons (Fsp3) is 0.417. The van der Waals surface area contributed by atoms with Crippen LogP contribution in [-0.2, 0) is 14.8 Å². The van der Waals surface area contributed by atoms with Crippen LogP contribution in [0.15, 0.2) is 29.2 Å². The van der Waals surface area contributed by atoms with Gasteiger partial charge in [0.05, 0.1) is 4.90 Å². The number of anilines is 1. The molecule has 6 nitrogen and oxygen atoms in total. The van der Waals surface area contributed by atoms with Gasteiger partial charge in [-0.3, -0.25) is 4.79 Å². The van der Waals surface area contributed by atoms with Crippen LogP contribution in [0.3, 0.4) is 0 Å². The van der Waals surface area contributed by atoms with E-state index in [2.05, 4.69) is 15.4 Å². The summed E-state index contributed by atoms with van der Waals surface area (Å²) in [6.45, 7) is 2.89. The van der Waals surface area contributed by atoms with Gasteiger partial charge in [0.15, 0.2) is 0 Å². The molecule has 0 aromatic heterocycles. The van der Waals surface area contributed by atoms with Crippen molar-refractivity contribution < 1.29 is 13.2 Å². The van der Waals surface area contributed by atoms with Gasteiger partial charge < -0.3 is 10.6 Å². The Bertz CT molecular complexity index is 548. The third-order valence-corrected chi connectivity index (χ3v) is 4.40. The van der Waals surface area contributed by atoms with E-state index < -0.39 is 10.0 Å².